The molecule has 0 radical (unpaired) electrons. The topological polar surface area (TPSA) is 123 Å². The number of fused-ring (bicyclic) bond motifs is 1. The van der Waals surface area contributed by atoms with Gasteiger partial charge in [0, 0.05) is 18.7 Å². The number of halogens is 1. The normalized spacial score (nSPS) is 10.8. The van der Waals surface area contributed by atoms with Crippen molar-refractivity contribution in [2.75, 3.05) is 32.1 Å². The number of thiazole rings is 1. The van der Waals surface area contributed by atoms with Gasteiger partial charge in [0.05, 0.1) is 31.7 Å². The first-order chi connectivity index (χ1) is 15.1. The number of aryl methyl sites for hydroxylation is 2. The number of hydrogen-bond donors (Lipinski definition) is 0. The molecule has 0 aliphatic heterocycles. The molecule has 0 fully saturated rings. The second-order valence-electron chi connectivity index (χ2n) is 7.77. The molecule has 176 valence electrons. The van der Waals surface area contributed by atoms with Crippen LogP contribution in [-0.2, 0) is 0 Å². The Bertz CT molecular complexity index is 1140. The van der Waals surface area contributed by atoms with E-state index in [2.05, 4.69) is 4.98 Å². The predicted molar refractivity (Wildman–Crippen MR) is 131 cm³/mol. The number of carbonyl (C=O) groups is 1. The highest BCUT2D eigenvalue weighted by atomic mass is 35.5. The third-order valence-corrected chi connectivity index (χ3v) is 6.07. The Morgan fingerprint density at radius 1 is 0.970 bits per heavy atom. The van der Waals surface area contributed by atoms with Crippen molar-refractivity contribution in [1.82, 2.24) is 9.88 Å². The number of nitrogens with zero attached hydrogens (tertiary/aromatic N) is 5. The van der Waals surface area contributed by atoms with Gasteiger partial charge in [-0.2, -0.15) is 0 Å². The van der Waals surface area contributed by atoms with Crippen molar-refractivity contribution in [3.8, 4) is 0 Å². The number of carbonyl (C=O) groups excluding carboxylic acids is 1. The van der Waals surface area contributed by atoms with Crippen molar-refractivity contribution >= 4 is 56.4 Å². The standard InChI is InChI=1S/C21H23N5O5S.ClH/c1-13-8-18-19(9-14(13)2)32-21(22-18)24(7-5-6-23(3)4)20(27)15-10-16(25(28)29)12-17(11-15)26(30)31;/h8-12H,5-7H2,1-4H3;1H. The van der Waals surface area contributed by atoms with Crippen LogP contribution in [0.3, 0.4) is 0 Å². The summed E-state index contributed by atoms with van der Waals surface area (Å²) in [5.74, 6) is -0.567. The Morgan fingerprint density at radius 3 is 2.09 bits per heavy atom. The summed E-state index contributed by atoms with van der Waals surface area (Å²) in [6.07, 6.45) is 0.629. The molecule has 0 atom stereocenters. The van der Waals surface area contributed by atoms with Crippen LogP contribution in [0.15, 0.2) is 30.3 Å². The molecule has 0 bridgehead atoms. The van der Waals surface area contributed by atoms with E-state index in [1.165, 1.54) is 16.2 Å². The highest BCUT2D eigenvalue weighted by Gasteiger charge is 2.26. The lowest BCUT2D eigenvalue weighted by atomic mass is 10.1. The monoisotopic (exact) mass is 493 g/mol. The molecule has 0 saturated carbocycles. The van der Waals surface area contributed by atoms with E-state index in [0.717, 1.165) is 39.5 Å². The van der Waals surface area contributed by atoms with Gasteiger partial charge in [-0.15, -0.1) is 12.4 Å². The van der Waals surface area contributed by atoms with Crippen molar-refractivity contribution in [3.05, 3.63) is 67.3 Å². The average Bonchev–Trinajstić information content (AvgIpc) is 3.12. The summed E-state index contributed by atoms with van der Waals surface area (Å²) in [4.78, 5) is 42.5. The summed E-state index contributed by atoms with van der Waals surface area (Å²) in [7, 11) is 3.83. The SMILES string of the molecule is Cc1cc2nc(N(CCCN(C)C)C(=O)c3cc([N+](=O)[O-])cc([N+](=O)[O-])c3)sc2cc1C.Cl. The number of nitro benzene ring substituents is 2. The van der Waals surface area contributed by atoms with Crippen LogP contribution in [0.2, 0.25) is 0 Å². The zero-order valence-corrected chi connectivity index (χ0v) is 20.2. The zero-order chi connectivity index (χ0) is 23.6. The van der Waals surface area contributed by atoms with Gasteiger partial charge >= 0.3 is 0 Å². The third-order valence-electron chi connectivity index (χ3n) is 5.03. The first-order valence-corrected chi connectivity index (χ1v) is 10.7. The lowest BCUT2D eigenvalue weighted by Gasteiger charge is -2.21. The maximum atomic E-state index is 13.4. The number of benzene rings is 2. The van der Waals surface area contributed by atoms with E-state index in [4.69, 9.17) is 0 Å². The molecular formula is C21H24ClN5O5S. The van der Waals surface area contributed by atoms with Crippen molar-refractivity contribution < 1.29 is 14.6 Å². The van der Waals surface area contributed by atoms with Gasteiger partial charge in [0.15, 0.2) is 5.13 Å². The zero-order valence-electron chi connectivity index (χ0n) is 18.6. The smallest absolute Gasteiger partial charge is 0.277 e. The van der Waals surface area contributed by atoms with Gasteiger partial charge in [-0.3, -0.25) is 29.9 Å². The Morgan fingerprint density at radius 2 is 1.55 bits per heavy atom. The number of hydrogen-bond acceptors (Lipinski definition) is 8. The molecule has 0 aliphatic carbocycles. The molecule has 0 spiro atoms. The Hall–Kier alpha value is -3.15. The molecule has 1 aromatic heterocycles. The molecule has 10 nitrogen and oxygen atoms in total. The number of rotatable bonds is 8. The molecule has 0 N–H and O–H groups in total. The molecule has 2 aromatic carbocycles. The van der Waals surface area contributed by atoms with Crippen molar-refractivity contribution in [3.63, 3.8) is 0 Å². The van der Waals surface area contributed by atoms with Crippen LogP contribution in [0.25, 0.3) is 10.2 Å². The highest BCUT2D eigenvalue weighted by Crippen LogP contribution is 2.32. The second-order valence-corrected chi connectivity index (χ2v) is 8.78. The molecule has 0 unspecified atom stereocenters. The minimum atomic E-state index is -0.747. The first kappa shape index (κ1) is 26.1. The van der Waals surface area contributed by atoms with Crippen LogP contribution in [0, 0.1) is 34.1 Å². The summed E-state index contributed by atoms with van der Waals surface area (Å²) < 4.78 is 0.915. The van der Waals surface area contributed by atoms with E-state index < -0.39 is 27.1 Å². The van der Waals surface area contributed by atoms with Crippen LogP contribution < -0.4 is 4.90 Å². The lowest BCUT2D eigenvalue weighted by Crippen LogP contribution is -2.33. The number of nitro groups is 2. The number of anilines is 1. The van der Waals surface area contributed by atoms with Crippen molar-refractivity contribution in [2.24, 2.45) is 0 Å². The van der Waals surface area contributed by atoms with Gasteiger partial charge in [-0.05, 0) is 64.2 Å². The second kappa shape index (κ2) is 10.6. The van der Waals surface area contributed by atoms with Gasteiger partial charge < -0.3 is 4.90 Å². The molecule has 1 heterocycles. The summed E-state index contributed by atoms with van der Waals surface area (Å²) in [5.41, 5.74) is 1.80. The van der Waals surface area contributed by atoms with Crippen LogP contribution in [0.1, 0.15) is 27.9 Å². The van der Waals surface area contributed by atoms with E-state index in [-0.39, 0.29) is 18.0 Å². The molecule has 0 saturated heterocycles. The quantitative estimate of drug-likeness (QED) is 0.327. The minimum Gasteiger partial charge on any atom is -0.309 e. The molecule has 3 aromatic rings. The average molecular weight is 494 g/mol. The van der Waals surface area contributed by atoms with Gasteiger partial charge in [0.2, 0.25) is 0 Å². The fourth-order valence-electron chi connectivity index (χ4n) is 3.20. The summed E-state index contributed by atoms with van der Waals surface area (Å²) in [6, 6.07) is 6.93. The van der Waals surface area contributed by atoms with Gasteiger partial charge in [-0.25, -0.2) is 4.98 Å². The Labute approximate surface area is 200 Å². The van der Waals surface area contributed by atoms with E-state index >= 15 is 0 Å². The van der Waals surface area contributed by atoms with Crippen molar-refractivity contribution in [1.29, 1.82) is 0 Å². The molecule has 33 heavy (non-hydrogen) atoms. The van der Waals surface area contributed by atoms with E-state index in [1.807, 2.05) is 45.0 Å². The summed E-state index contributed by atoms with van der Waals surface area (Å²) in [5, 5.41) is 23.0. The van der Waals surface area contributed by atoms with Gasteiger partial charge in [-0.1, -0.05) is 11.3 Å². The Balaban J connectivity index is 0.00000385. The number of non-ortho nitro benzene ring substituents is 2. The molecule has 3 rings (SSSR count). The van der Waals surface area contributed by atoms with Crippen molar-refractivity contribution in [2.45, 2.75) is 20.3 Å². The van der Waals surface area contributed by atoms with Crippen LogP contribution >= 0.6 is 23.7 Å². The first-order valence-electron chi connectivity index (χ1n) is 9.85. The van der Waals surface area contributed by atoms with Crippen LogP contribution in [-0.4, -0.2) is 52.8 Å². The van der Waals surface area contributed by atoms with Crippen LogP contribution in [0.5, 0.6) is 0 Å². The maximum absolute atomic E-state index is 13.4. The number of aromatic nitrogens is 1. The predicted octanol–water partition coefficient (Wildman–Crippen LogP) is 4.75. The van der Waals surface area contributed by atoms with E-state index in [9.17, 15) is 25.0 Å². The number of amides is 1. The highest BCUT2D eigenvalue weighted by molar-refractivity contribution is 7.22. The maximum Gasteiger partial charge on any atom is 0.277 e. The fraction of sp³-hybridized carbons (Fsp3) is 0.333. The van der Waals surface area contributed by atoms with Gasteiger partial charge in [0.25, 0.3) is 17.3 Å². The molecule has 12 heteroatoms. The third kappa shape index (κ3) is 6.01. The van der Waals surface area contributed by atoms with E-state index in [1.54, 1.807) is 0 Å². The summed E-state index contributed by atoms with van der Waals surface area (Å²) in [6.45, 7) is 5.00. The largest absolute Gasteiger partial charge is 0.309 e. The lowest BCUT2D eigenvalue weighted by molar-refractivity contribution is -0.394. The minimum absolute atomic E-state index is 0. The van der Waals surface area contributed by atoms with Gasteiger partial charge in [0.1, 0.15) is 0 Å². The molecule has 0 aliphatic rings. The summed E-state index contributed by atoms with van der Waals surface area (Å²) >= 11 is 1.34. The fourth-order valence-corrected chi connectivity index (χ4v) is 4.27. The molecular weight excluding hydrogens is 470 g/mol. The van der Waals surface area contributed by atoms with E-state index in [0.29, 0.717) is 24.6 Å². The molecule has 1 amide bonds. The van der Waals surface area contributed by atoms with Crippen LogP contribution in [0.4, 0.5) is 16.5 Å². The Kier molecular flexibility index (Phi) is 8.42.